The largest absolute Gasteiger partial charge is 0.486 e. The van der Waals surface area contributed by atoms with Gasteiger partial charge in [0.2, 0.25) is 0 Å². The number of hydrogen-bond donors (Lipinski definition) is 2. The highest BCUT2D eigenvalue weighted by atomic mass is 32.2. The number of hydrogen-bond acceptors (Lipinski definition) is 8. The van der Waals surface area contributed by atoms with Crippen LogP contribution in [-0.2, 0) is 6.42 Å². The lowest BCUT2D eigenvalue weighted by atomic mass is 10.0. The van der Waals surface area contributed by atoms with Crippen LogP contribution in [0.4, 0.5) is 0 Å². The number of ether oxygens (including phenoxy) is 2. The second-order valence-corrected chi connectivity index (χ2v) is 8.60. The number of amidine groups is 1. The van der Waals surface area contributed by atoms with E-state index in [4.69, 9.17) is 14.5 Å². The van der Waals surface area contributed by atoms with Crippen LogP contribution < -0.4 is 19.5 Å². The Morgan fingerprint density at radius 1 is 1.23 bits per heavy atom. The molecule has 0 radical (unpaired) electrons. The summed E-state index contributed by atoms with van der Waals surface area (Å²) in [6.45, 7) is 4.23. The van der Waals surface area contributed by atoms with Gasteiger partial charge in [0.05, 0.1) is 5.92 Å². The summed E-state index contributed by atoms with van der Waals surface area (Å²) in [5, 5.41) is 3.55. The van der Waals surface area contributed by atoms with Crippen molar-refractivity contribution in [3.8, 4) is 11.5 Å². The Hall–Kier alpha value is -2.03. The Morgan fingerprint density at radius 2 is 2.13 bits per heavy atom. The fourth-order valence-electron chi connectivity index (χ4n) is 3.66. The van der Waals surface area contributed by atoms with Crippen molar-refractivity contribution in [1.29, 1.82) is 0 Å². The summed E-state index contributed by atoms with van der Waals surface area (Å²) in [5.41, 5.74) is 1.42. The molecule has 3 heterocycles. The first kappa shape index (κ1) is 21.2. The van der Waals surface area contributed by atoms with Gasteiger partial charge in [0.25, 0.3) is 0 Å². The predicted octanol–water partition coefficient (Wildman–Crippen LogP) is 2.84. The lowest BCUT2D eigenvalue weighted by molar-refractivity contribution is 0.171. The smallest absolute Gasteiger partial charge is 0.170 e. The summed E-state index contributed by atoms with van der Waals surface area (Å²) >= 11 is 1.68. The van der Waals surface area contributed by atoms with Crippen LogP contribution in [0.1, 0.15) is 24.8 Å². The molecule has 0 fully saturated rings. The normalized spacial score (nSPS) is 22.7. The molecule has 3 aliphatic heterocycles. The van der Waals surface area contributed by atoms with Crippen molar-refractivity contribution in [2.75, 3.05) is 39.9 Å². The van der Waals surface area contributed by atoms with Gasteiger partial charge in [0.15, 0.2) is 17.0 Å². The van der Waals surface area contributed by atoms with Crippen LogP contribution in [0.15, 0.2) is 40.5 Å². The van der Waals surface area contributed by atoms with Gasteiger partial charge in [-0.05, 0) is 75.5 Å². The summed E-state index contributed by atoms with van der Waals surface area (Å²) in [7, 11) is 2.14. The molecule has 0 bridgehead atoms. The molecule has 1 aromatic carbocycles. The van der Waals surface area contributed by atoms with E-state index in [1.165, 1.54) is 5.56 Å². The van der Waals surface area contributed by atoms with E-state index in [2.05, 4.69) is 45.2 Å². The third kappa shape index (κ3) is 5.77. The molecular weight excluding hydrogens is 398 g/mol. The molecule has 0 aliphatic carbocycles. The molecule has 0 saturated carbocycles. The number of fused-ring (bicyclic) bond motifs is 1. The van der Waals surface area contributed by atoms with Crippen molar-refractivity contribution in [2.24, 2.45) is 15.9 Å². The number of nitrogens with zero attached hydrogens (tertiary/aromatic N) is 3. The third-order valence-corrected chi connectivity index (χ3v) is 6.41. The van der Waals surface area contributed by atoms with E-state index in [9.17, 15) is 0 Å². The zero-order valence-corrected chi connectivity index (χ0v) is 18.4. The zero-order valence-electron chi connectivity index (χ0n) is 17.5. The molecule has 2 atom stereocenters. The molecule has 3 aliphatic rings. The van der Waals surface area contributed by atoms with Crippen molar-refractivity contribution in [1.82, 2.24) is 14.9 Å². The lowest BCUT2D eigenvalue weighted by Crippen LogP contribution is -2.30. The fraction of sp³-hybridized carbons (Fsp3) is 0.545. The molecule has 0 spiro atoms. The van der Waals surface area contributed by atoms with E-state index in [0.717, 1.165) is 62.7 Å². The van der Waals surface area contributed by atoms with Gasteiger partial charge in [0, 0.05) is 19.0 Å². The summed E-state index contributed by atoms with van der Waals surface area (Å²) in [6, 6.07) is 6.23. The Labute approximate surface area is 183 Å². The van der Waals surface area contributed by atoms with Crippen molar-refractivity contribution in [3.63, 3.8) is 0 Å². The van der Waals surface area contributed by atoms with E-state index in [-0.39, 0.29) is 5.50 Å². The minimum Gasteiger partial charge on any atom is -0.486 e. The molecule has 2 N–H and O–H groups in total. The Balaban J connectivity index is 1.12. The maximum atomic E-state index is 5.66. The zero-order chi connectivity index (χ0) is 20.6. The second-order valence-electron chi connectivity index (χ2n) is 7.74. The summed E-state index contributed by atoms with van der Waals surface area (Å²) in [6.07, 6.45) is 10.2. The summed E-state index contributed by atoms with van der Waals surface area (Å²) < 4.78 is 14.6. The van der Waals surface area contributed by atoms with Gasteiger partial charge < -0.3 is 19.5 Å². The molecule has 8 heteroatoms. The monoisotopic (exact) mass is 429 g/mol. The first-order valence-electron chi connectivity index (χ1n) is 10.8. The topological polar surface area (TPSA) is 70.5 Å². The molecule has 162 valence electrons. The predicted molar refractivity (Wildman–Crippen MR) is 124 cm³/mol. The minimum atomic E-state index is 0.141. The van der Waals surface area contributed by atoms with Crippen LogP contribution in [0, 0.1) is 5.92 Å². The van der Waals surface area contributed by atoms with Crippen LogP contribution in [0.5, 0.6) is 11.5 Å². The molecule has 2 unspecified atom stereocenters. The highest BCUT2D eigenvalue weighted by Crippen LogP contribution is 2.30. The molecular formula is C22H31N5O2S. The average Bonchev–Trinajstić information content (AvgIpc) is 3.11. The second kappa shape index (κ2) is 10.8. The number of benzene rings is 1. The third-order valence-electron chi connectivity index (χ3n) is 5.41. The van der Waals surface area contributed by atoms with Gasteiger partial charge in [-0.3, -0.25) is 9.89 Å². The van der Waals surface area contributed by atoms with Crippen molar-refractivity contribution < 1.29 is 9.47 Å². The maximum absolute atomic E-state index is 5.66. The van der Waals surface area contributed by atoms with E-state index in [1.807, 2.05) is 18.5 Å². The van der Waals surface area contributed by atoms with Crippen molar-refractivity contribution in [3.05, 3.63) is 36.0 Å². The molecule has 0 aromatic heterocycles. The van der Waals surface area contributed by atoms with Crippen molar-refractivity contribution >= 4 is 24.0 Å². The van der Waals surface area contributed by atoms with Crippen LogP contribution >= 0.6 is 11.9 Å². The Bertz CT molecular complexity index is 798. The van der Waals surface area contributed by atoms with Gasteiger partial charge in [-0.1, -0.05) is 12.1 Å². The molecule has 4 rings (SSSR count). The van der Waals surface area contributed by atoms with E-state index >= 15 is 0 Å². The number of aliphatic imine (C=N–C) groups is 2. The Kier molecular flexibility index (Phi) is 7.66. The van der Waals surface area contributed by atoms with E-state index in [0.29, 0.717) is 19.1 Å². The van der Waals surface area contributed by atoms with Crippen LogP contribution in [0.2, 0.25) is 0 Å². The molecule has 0 saturated heterocycles. The average molecular weight is 430 g/mol. The van der Waals surface area contributed by atoms with Crippen LogP contribution in [-0.4, -0.2) is 62.3 Å². The number of nitrogens with one attached hydrogen (secondary N) is 2. The van der Waals surface area contributed by atoms with Gasteiger partial charge in [-0.25, -0.2) is 4.99 Å². The van der Waals surface area contributed by atoms with Crippen molar-refractivity contribution in [2.45, 2.75) is 31.2 Å². The summed E-state index contributed by atoms with van der Waals surface area (Å²) in [5.74, 6) is 3.08. The quantitative estimate of drug-likeness (QED) is 0.465. The SMILES string of the molecule is CN(CCCNCCc1ccc2c(c1)OCCO2)C1N=C(C2C=NC=CCC2)NS1. The van der Waals surface area contributed by atoms with Gasteiger partial charge in [-0.15, -0.1) is 0 Å². The molecule has 0 amide bonds. The van der Waals surface area contributed by atoms with E-state index < -0.39 is 0 Å². The molecule has 1 aromatic rings. The standard InChI is InChI=1S/C22H31N5O2S/c1-27(22-25-21(26-30-22)18-5-2-3-9-24-16-18)12-4-10-23-11-8-17-6-7-19-20(15-17)29-14-13-28-19/h3,6-7,9,15-16,18,22-23H,2,4-5,8,10-14H2,1H3,(H,25,26). The Morgan fingerprint density at radius 3 is 3.07 bits per heavy atom. The van der Waals surface area contributed by atoms with Gasteiger partial charge in [-0.2, -0.15) is 0 Å². The highest BCUT2D eigenvalue weighted by molar-refractivity contribution is 7.98. The summed E-state index contributed by atoms with van der Waals surface area (Å²) in [4.78, 5) is 11.5. The van der Waals surface area contributed by atoms with E-state index in [1.54, 1.807) is 11.9 Å². The number of rotatable bonds is 9. The fourth-order valence-corrected chi connectivity index (χ4v) is 4.54. The number of allylic oxidation sites excluding steroid dienone is 1. The minimum absolute atomic E-state index is 0.141. The van der Waals surface area contributed by atoms with Crippen LogP contribution in [0.3, 0.4) is 0 Å². The van der Waals surface area contributed by atoms with Gasteiger partial charge >= 0.3 is 0 Å². The highest BCUT2D eigenvalue weighted by Gasteiger charge is 2.26. The van der Waals surface area contributed by atoms with Gasteiger partial charge in [0.1, 0.15) is 19.0 Å². The maximum Gasteiger partial charge on any atom is 0.170 e. The molecule has 30 heavy (non-hydrogen) atoms. The first-order valence-corrected chi connectivity index (χ1v) is 11.6. The lowest BCUT2D eigenvalue weighted by Gasteiger charge is -2.20. The van der Waals surface area contributed by atoms with Crippen LogP contribution in [0.25, 0.3) is 0 Å². The first-order chi connectivity index (χ1) is 14.8. The molecule has 7 nitrogen and oxygen atoms in total.